The zero-order valence-electron chi connectivity index (χ0n) is 16.4. The lowest BCUT2D eigenvalue weighted by atomic mass is 10.0. The Balaban J connectivity index is 1.62. The smallest absolute Gasteiger partial charge is 0.191 e. The molecule has 146 valence electrons. The van der Waals surface area contributed by atoms with Gasteiger partial charge in [-0.05, 0) is 19.4 Å². The molecule has 1 unspecified atom stereocenters. The Morgan fingerprint density at radius 1 is 1.22 bits per heavy atom. The minimum Gasteiger partial charge on any atom is -0.379 e. The number of aryl methyl sites for hydroxylation is 2. The Bertz CT molecular complexity index is 737. The molecule has 0 amide bonds. The quantitative estimate of drug-likeness (QED) is 0.589. The van der Waals surface area contributed by atoms with E-state index in [1.165, 1.54) is 16.0 Å². The van der Waals surface area contributed by atoms with Crippen molar-refractivity contribution in [2.75, 3.05) is 39.9 Å². The molecular formula is C20H29N5OS. The van der Waals surface area contributed by atoms with Crippen molar-refractivity contribution < 1.29 is 4.74 Å². The second kappa shape index (κ2) is 9.82. The monoisotopic (exact) mass is 387 g/mol. The molecule has 2 heterocycles. The summed E-state index contributed by atoms with van der Waals surface area (Å²) in [5.41, 5.74) is 2.60. The predicted molar refractivity (Wildman–Crippen MR) is 111 cm³/mol. The molecule has 3 rings (SSSR count). The molecule has 1 aromatic carbocycles. The molecule has 0 aliphatic carbocycles. The lowest BCUT2D eigenvalue weighted by molar-refractivity contribution is 0.0170. The van der Waals surface area contributed by atoms with E-state index in [4.69, 9.17) is 4.74 Å². The van der Waals surface area contributed by atoms with Crippen LogP contribution in [0.2, 0.25) is 0 Å². The van der Waals surface area contributed by atoms with Crippen LogP contribution in [0.25, 0.3) is 0 Å². The summed E-state index contributed by atoms with van der Waals surface area (Å²) in [6.45, 7) is 9.15. The Hall–Kier alpha value is -1.96. The van der Waals surface area contributed by atoms with Gasteiger partial charge < -0.3 is 15.4 Å². The third-order valence-electron chi connectivity index (χ3n) is 4.71. The van der Waals surface area contributed by atoms with E-state index >= 15 is 0 Å². The highest BCUT2D eigenvalue weighted by atomic mass is 32.1. The molecule has 2 N–H and O–H groups in total. The summed E-state index contributed by atoms with van der Waals surface area (Å²) in [6, 6.07) is 9.11. The van der Waals surface area contributed by atoms with Crippen molar-refractivity contribution in [3.05, 3.63) is 51.5 Å². The number of morpholine rings is 1. The van der Waals surface area contributed by atoms with Crippen molar-refractivity contribution in [1.82, 2.24) is 20.5 Å². The second-order valence-electron chi connectivity index (χ2n) is 6.75. The first-order valence-electron chi connectivity index (χ1n) is 9.40. The fraction of sp³-hybridized carbons (Fsp3) is 0.500. The van der Waals surface area contributed by atoms with Crippen LogP contribution >= 0.6 is 11.3 Å². The van der Waals surface area contributed by atoms with Gasteiger partial charge in [-0.25, -0.2) is 4.98 Å². The Kier molecular flexibility index (Phi) is 7.20. The summed E-state index contributed by atoms with van der Waals surface area (Å²) in [5, 5.41) is 7.92. The minimum absolute atomic E-state index is 0.287. The molecule has 27 heavy (non-hydrogen) atoms. The number of benzene rings is 1. The molecule has 6 nitrogen and oxygen atoms in total. The van der Waals surface area contributed by atoms with Gasteiger partial charge in [0.15, 0.2) is 5.96 Å². The molecule has 1 fully saturated rings. The average Bonchev–Trinajstić information content (AvgIpc) is 3.11. The van der Waals surface area contributed by atoms with E-state index < -0.39 is 0 Å². The highest BCUT2D eigenvalue weighted by molar-refractivity contribution is 7.11. The fourth-order valence-electron chi connectivity index (χ4n) is 3.19. The third kappa shape index (κ3) is 5.76. The van der Waals surface area contributed by atoms with Crippen molar-refractivity contribution in [3.8, 4) is 0 Å². The number of nitrogens with one attached hydrogen (secondary N) is 2. The first kappa shape index (κ1) is 19.8. The largest absolute Gasteiger partial charge is 0.379 e. The average molecular weight is 388 g/mol. The summed E-state index contributed by atoms with van der Waals surface area (Å²) < 4.78 is 5.54. The van der Waals surface area contributed by atoms with Crippen LogP contribution in [0.4, 0.5) is 0 Å². The lowest BCUT2D eigenvalue weighted by Crippen LogP contribution is -2.46. The maximum absolute atomic E-state index is 5.54. The summed E-state index contributed by atoms with van der Waals surface area (Å²) in [5.74, 6) is 0.799. The number of hydrogen-bond acceptors (Lipinski definition) is 5. The zero-order chi connectivity index (χ0) is 19.1. The molecule has 1 aliphatic heterocycles. The Morgan fingerprint density at radius 2 is 1.96 bits per heavy atom. The standard InChI is InChI=1S/C20H29N5OS/c1-15-4-6-17(7-5-15)18(25-8-10-26-11-9-25)13-23-20(21-3)24-14-19-22-12-16(2)27-19/h4-7,12,18H,8-11,13-14H2,1-3H3,(H2,21,23,24). The van der Waals surface area contributed by atoms with E-state index in [-0.39, 0.29) is 6.04 Å². The van der Waals surface area contributed by atoms with Crippen LogP contribution in [0.15, 0.2) is 35.5 Å². The summed E-state index contributed by atoms with van der Waals surface area (Å²) in [4.78, 5) is 12.5. The van der Waals surface area contributed by atoms with Gasteiger partial charge in [0.2, 0.25) is 0 Å². The van der Waals surface area contributed by atoms with Crippen LogP contribution in [0.3, 0.4) is 0 Å². The van der Waals surface area contributed by atoms with Crippen molar-refractivity contribution >= 4 is 17.3 Å². The Morgan fingerprint density at radius 3 is 2.59 bits per heavy atom. The number of nitrogens with zero attached hydrogens (tertiary/aromatic N) is 3. The van der Waals surface area contributed by atoms with E-state index in [2.05, 4.69) is 63.6 Å². The van der Waals surface area contributed by atoms with Gasteiger partial charge in [0.25, 0.3) is 0 Å². The maximum atomic E-state index is 5.54. The topological polar surface area (TPSA) is 61.8 Å². The number of ether oxygens (including phenoxy) is 1. The first-order chi connectivity index (χ1) is 13.2. The normalized spacial score (nSPS) is 16.9. The number of aliphatic imine (C=N–C) groups is 1. The molecule has 0 spiro atoms. The van der Waals surface area contributed by atoms with Crippen molar-refractivity contribution in [2.45, 2.75) is 26.4 Å². The van der Waals surface area contributed by atoms with Gasteiger partial charge >= 0.3 is 0 Å². The summed E-state index contributed by atoms with van der Waals surface area (Å²) in [7, 11) is 1.80. The third-order valence-corrected chi connectivity index (χ3v) is 5.62. The highest BCUT2D eigenvalue weighted by Crippen LogP contribution is 2.21. The van der Waals surface area contributed by atoms with Crippen LogP contribution in [0.5, 0.6) is 0 Å². The van der Waals surface area contributed by atoms with Crippen LogP contribution in [0.1, 0.15) is 27.1 Å². The van der Waals surface area contributed by atoms with E-state index in [1.807, 2.05) is 6.20 Å². The maximum Gasteiger partial charge on any atom is 0.191 e. The van der Waals surface area contributed by atoms with Crippen LogP contribution < -0.4 is 10.6 Å². The molecule has 2 aromatic rings. The van der Waals surface area contributed by atoms with Crippen LogP contribution in [-0.2, 0) is 11.3 Å². The van der Waals surface area contributed by atoms with Crippen molar-refractivity contribution in [2.24, 2.45) is 4.99 Å². The number of aromatic nitrogens is 1. The van der Waals surface area contributed by atoms with E-state index in [0.29, 0.717) is 6.54 Å². The molecule has 1 atom stereocenters. The van der Waals surface area contributed by atoms with E-state index in [9.17, 15) is 0 Å². The van der Waals surface area contributed by atoms with Gasteiger partial charge in [0.05, 0.1) is 25.8 Å². The Labute approximate surface area is 165 Å². The predicted octanol–water partition coefficient (Wildman–Crippen LogP) is 2.50. The van der Waals surface area contributed by atoms with Crippen molar-refractivity contribution in [1.29, 1.82) is 0 Å². The fourth-order valence-corrected chi connectivity index (χ4v) is 3.92. The zero-order valence-corrected chi connectivity index (χ0v) is 17.2. The van der Waals surface area contributed by atoms with Gasteiger partial charge in [-0.15, -0.1) is 11.3 Å². The van der Waals surface area contributed by atoms with Crippen LogP contribution in [0, 0.1) is 13.8 Å². The molecule has 0 saturated carbocycles. The molecule has 1 aromatic heterocycles. The number of guanidine groups is 1. The number of hydrogen-bond donors (Lipinski definition) is 2. The van der Waals surface area contributed by atoms with Gasteiger partial charge in [0.1, 0.15) is 5.01 Å². The van der Waals surface area contributed by atoms with Gasteiger partial charge in [-0.1, -0.05) is 29.8 Å². The van der Waals surface area contributed by atoms with Crippen LogP contribution in [-0.4, -0.2) is 55.7 Å². The van der Waals surface area contributed by atoms with Gasteiger partial charge in [-0.2, -0.15) is 0 Å². The number of thiazole rings is 1. The van der Waals surface area contributed by atoms with Gasteiger partial charge in [-0.3, -0.25) is 9.89 Å². The molecule has 0 radical (unpaired) electrons. The molecular weight excluding hydrogens is 358 g/mol. The molecule has 1 aliphatic rings. The molecule has 0 bridgehead atoms. The van der Waals surface area contributed by atoms with E-state index in [0.717, 1.165) is 43.8 Å². The van der Waals surface area contributed by atoms with Gasteiger partial charge in [0, 0.05) is 37.8 Å². The summed E-state index contributed by atoms with van der Waals surface area (Å²) in [6.07, 6.45) is 1.91. The minimum atomic E-state index is 0.287. The van der Waals surface area contributed by atoms with Crippen molar-refractivity contribution in [3.63, 3.8) is 0 Å². The summed E-state index contributed by atoms with van der Waals surface area (Å²) >= 11 is 1.71. The number of rotatable bonds is 6. The first-order valence-corrected chi connectivity index (χ1v) is 10.2. The lowest BCUT2D eigenvalue weighted by Gasteiger charge is -2.35. The second-order valence-corrected chi connectivity index (χ2v) is 8.07. The SMILES string of the molecule is CN=C(NCc1ncc(C)s1)NCC(c1ccc(C)cc1)N1CCOCC1. The molecule has 1 saturated heterocycles. The highest BCUT2D eigenvalue weighted by Gasteiger charge is 2.22. The van der Waals surface area contributed by atoms with E-state index in [1.54, 1.807) is 18.4 Å². The molecule has 7 heteroatoms.